The van der Waals surface area contributed by atoms with Crippen molar-refractivity contribution in [2.24, 2.45) is 0 Å². The fourth-order valence-electron chi connectivity index (χ4n) is 4.24. The van der Waals surface area contributed by atoms with Crippen molar-refractivity contribution in [3.63, 3.8) is 0 Å². The largest absolute Gasteiger partial charge is 0.497 e. The van der Waals surface area contributed by atoms with E-state index in [0.29, 0.717) is 29.0 Å². The molecule has 1 fully saturated rings. The summed E-state index contributed by atoms with van der Waals surface area (Å²) in [5.41, 5.74) is 11.7. The minimum Gasteiger partial charge on any atom is -0.497 e. The Kier molecular flexibility index (Phi) is 4.03. The first-order chi connectivity index (χ1) is 13.6. The molecular weight excluding hydrogens is 374 g/mol. The molecular formula is C22H20ClN3O2. The molecule has 0 amide bonds. The number of halogens is 1. The number of nitrogens with two attached hydrogens (primary N) is 1. The molecule has 3 aromatic rings. The highest BCUT2D eigenvalue weighted by Gasteiger charge is 2.42. The fourth-order valence-corrected chi connectivity index (χ4v) is 4.47. The first-order valence-electron chi connectivity index (χ1n) is 9.37. The number of nitrogens with zero attached hydrogens (tertiary/aromatic N) is 2. The molecule has 1 aliphatic heterocycles. The number of fused-ring (bicyclic) bond motifs is 2. The van der Waals surface area contributed by atoms with Crippen LogP contribution in [0.15, 0.2) is 36.4 Å². The molecule has 1 aliphatic carbocycles. The van der Waals surface area contributed by atoms with Crippen LogP contribution in [0.1, 0.15) is 30.1 Å². The zero-order valence-corrected chi connectivity index (χ0v) is 16.2. The lowest BCUT2D eigenvalue weighted by molar-refractivity contribution is -0.112. The molecule has 0 radical (unpaired) electrons. The average Bonchev–Trinajstić information content (AvgIpc) is 3.48. The maximum Gasteiger partial charge on any atom is 0.141 e. The van der Waals surface area contributed by atoms with Crippen LogP contribution in [-0.4, -0.2) is 29.3 Å². The Morgan fingerprint density at radius 1 is 1.29 bits per heavy atom. The molecule has 6 heteroatoms. The van der Waals surface area contributed by atoms with Crippen molar-refractivity contribution in [2.45, 2.75) is 31.5 Å². The molecule has 2 aliphatic rings. The topological polar surface area (TPSA) is 68.5 Å². The number of carbonyl (C=O) groups excluding carboxylic acids is 1. The van der Waals surface area contributed by atoms with Gasteiger partial charge < -0.3 is 15.3 Å². The van der Waals surface area contributed by atoms with E-state index >= 15 is 0 Å². The van der Waals surface area contributed by atoms with Gasteiger partial charge in [-0.25, -0.2) is 0 Å². The van der Waals surface area contributed by atoms with Crippen LogP contribution in [0.4, 0.5) is 5.69 Å². The van der Waals surface area contributed by atoms with E-state index in [1.165, 1.54) is 0 Å². The Labute approximate surface area is 168 Å². The van der Waals surface area contributed by atoms with Gasteiger partial charge in [0.1, 0.15) is 12.0 Å². The van der Waals surface area contributed by atoms with Gasteiger partial charge in [-0.3, -0.25) is 9.88 Å². The number of anilines is 1. The predicted molar refractivity (Wildman–Crippen MR) is 111 cm³/mol. The van der Waals surface area contributed by atoms with Crippen LogP contribution in [0.25, 0.3) is 22.0 Å². The van der Waals surface area contributed by atoms with Crippen molar-refractivity contribution in [2.75, 3.05) is 12.8 Å². The van der Waals surface area contributed by atoms with Gasteiger partial charge in [0, 0.05) is 39.8 Å². The fraction of sp³-hybridized carbons (Fsp3) is 0.273. The van der Waals surface area contributed by atoms with Crippen molar-refractivity contribution in [3.05, 3.63) is 52.7 Å². The number of nitrogen functional groups attached to an aromatic ring is 1. The van der Waals surface area contributed by atoms with Crippen LogP contribution in [0.3, 0.4) is 0 Å². The number of methoxy groups -OCH3 is 1. The summed E-state index contributed by atoms with van der Waals surface area (Å²) in [5.74, 6) is 0.689. The summed E-state index contributed by atoms with van der Waals surface area (Å²) in [5, 5.41) is 1.46. The molecule has 28 heavy (non-hydrogen) atoms. The SMILES string of the molecule is COc1cc(Cl)cc(-c2cccc3c(N)c4c(nc23)CN(C2CC2)C4C=O)c1. The average molecular weight is 394 g/mol. The third kappa shape index (κ3) is 2.65. The van der Waals surface area contributed by atoms with Gasteiger partial charge >= 0.3 is 0 Å². The number of hydrogen-bond donors (Lipinski definition) is 1. The summed E-state index contributed by atoms with van der Waals surface area (Å²) >= 11 is 6.28. The van der Waals surface area contributed by atoms with Gasteiger partial charge in [0.05, 0.1) is 24.4 Å². The number of aldehydes is 1. The maximum atomic E-state index is 11.8. The van der Waals surface area contributed by atoms with Crippen molar-refractivity contribution < 1.29 is 9.53 Å². The molecule has 0 saturated heterocycles. The Balaban J connectivity index is 1.73. The van der Waals surface area contributed by atoms with E-state index in [4.69, 9.17) is 27.1 Å². The summed E-state index contributed by atoms with van der Waals surface area (Å²) in [7, 11) is 1.62. The summed E-state index contributed by atoms with van der Waals surface area (Å²) in [4.78, 5) is 19.0. The van der Waals surface area contributed by atoms with Crippen molar-refractivity contribution in [1.29, 1.82) is 0 Å². The molecule has 1 unspecified atom stereocenters. The first kappa shape index (κ1) is 17.5. The van der Waals surface area contributed by atoms with Crippen LogP contribution in [0.5, 0.6) is 5.75 Å². The molecule has 142 valence electrons. The van der Waals surface area contributed by atoms with E-state index in [9.17, 15) is 4.79 Å². The lowest BCUT2D eigenvalue weighted by Crippen LogP contribution is -2.25. The predicted octanol–water partition coefficient (Wildman–Crippen LogP) is 4.36. The normalized spacial score (nSPS) is 19.0. The first-order valence-corrected chi connectivity index (χ1v) is 9.75. The van der Waals surface area contributed by atoms with Crippen molar-refractivity contribution in [1.82, 2.24) is 9.88 Å². The number of ether oxygens (including phenoxy) is 1. The molecule has 0 spiro atoms. The van der Waals surface area contributed by atoms with Crippen LogP contribution < -0.4 is 10.5 Å². The summed E-state index contributed by atoms with van der Waals surface area (Å²) in [6.07, 6.45) is 3.26. The number of carbonyl (C=O) groups is 1. The molecule has 1 aromatic heterocycles. The second-order valence-electron chi connectivity index (χ2n) is 7.45. The van der Waals surface area contributed by atoms with Gasteiger partial charge in [-0.2, -0.15) is 0 Å². The van der Waals surface area contributed by atoms with Crippen LogP contribution in [0, 0.1) is 0 Å². The van der Waals surface area contributed by atoms with E-state index in [1.54, 1.807) is 13.2 Å². The number of hydrogen-bond acceptors (Lipinski definition) is 5. The van der Waals surface area contributed by atoms with Gasteiger partial charge in [0.2, 0.25) is 0 Å². The van der Waals surface area contributed by atoms with Crippen molar-refractivity contribution >= 4 is 34.5 Å². The maximum absolute atomic E-state index is 11.8. The summed E-state index contributed by atoms with van der Waals surface area (Å²) in [6, 6.07) is 11.7. The van der Waals surface area contributed by atoms with E-state index in [-0.39, 0.29) is 6.04 Å². The smallest absolute Gasteiger partial charge is 0.141 e. The summed E-state index contributed by atoms with van der Waals surface area (Å²) in [6.45, 7) is 0.663. The van der Waals surface area contributed by atoms with Gasteiger partial charge in [-0.1, -0.05) is 29.8 Å². The van der Waals surface area contributed by atoms with E-state index < -0.39 is 0 Å². The molecule has 2 N–H and O–H groups in total. The molecule has 5 nitrogen and oxygen atoms in total. The molecule has 2 aromatic carbocycles. The molecule has 5 rings (SSSR count). The highest BCUT2D eigenvalue weighted by Crippen LogP contribution is 2.45. The van der Waals surface area contributed by atoms with Gasteiger partial charge in [-0.15, -0.1) is 0 Å². The third-order valence-electron chi connectivity index (χ3n) is 5.72. The lowest BCUT2D eigenvalue weighted by atomic mass is 9.97. The van der Waals surface area contributed by atoms with Gasteiger partial charge in [0.15, 0.2) is 0 Å². The van der Waals surface area contributed by atoms with E-state index in [1.807, 2.05) is 30.3 Å². The van der Waals surface area contributed by atoms with Crippen LogP contribution in [0.2, 0.25) is 5.02 Å². The van der Waals surface area contributed by atoms with E-state index in [2.05, 4.69) is 4.90 Å². The number of rotatable bonds is 4. The highest BCUT2D eigenvalue weighted by atomic mass is 35.5. The Hall–Kier alpha value is -2.63. The Morgan fingerprint density at radius 3 is 2.82 bits per heavy atom. The lowest BCUT2D eigenvalue weighted by Gasteiger charge is -2.19. The minimum absolute atomic E-state index is 0.297. The number of para-hydroxylation sites is 1. The van der Waals surface area contributed by atoms with E-state index in [0.717, 1.165) is 52.4 Å². The van der Waals surface area contributed by atoms with Gasteiger partial charge in [-0.05, 0) is 36.6 Å². The molecule has 1 atom stereocenters. The zero-order valence-electron chi connectivity index (χ0n) is 15.5. The molecule has 0 bridgehead atoms. The molecule has 1 saturated carbocycles. The number of benzene rings is 2. The van der Waals surface area contributed by atoms with Gasteiger partial charge in [0.25, 0.3) is 0 Å². The van der Waals surface area contributed by atoms with Crippen LogP contribution in [-0.2, 0) is 11.3 Å². The minimum atomic E-state index is -0.297. The Morgan fingerprint density at radius 2 is 2.11 bits per heavy atom. The molecule has 2 heterocycles. The monoisotopic (exact) mass is 393 g/mol. The second-order valence-corrected chi connectivity index (χ2v) is 7.89. The third-order valence-corrected chi connectivity index (χ3v) is 5.94. The summed E-state index contributed by atoms with van der Waals surface area (Å²) < 4.78 is 5.37. The quantitative estimate of drug-likeness (QED) is 0.667. The number of aromatic nitrogens is 1. The van der Waals surface area contributed by atoms with Crippen LogP contribution >= 0.6 is 11.6 Å². The zero-order chi connectivity index (χ0) is 19.4. The Bertz CT molecular complexity index is 1110. The highest BCUT2D eigenvalue weighted by molar-refractivity contribution is 6.31. The standard InChI is InChI=1S/C22H20ClN3O2/c1-28-15-8-12(7-13(23)9-15)16-3-2-4-17-21(24)20-18(25-22(16)17)10-26(14-5-6-14)19(20)11-27/h2-4,7-9,11,14,19H,5-6,10H2,1H3,(H2,24,25). The second kappa shape index (κ2) is 6.47. The number of pyridine rings is 1. The van der Waals surface area contributed by atoms with Crippen molar-refractivity contribution in [3.8, 4) is 16.9 Å².